The highest BCUT2D eigenvalue weighted by atomic mass is 32.1. The highest BCUT2D eigenvalue weighted by Crippen LogP contribution is 1.95. The number of nitrogens with two attached hydrogens (primary N) is 1. The number of carbonyl (C=O) groups is 1. The van der Waals surface area contributed by atoms with Gasteiger partial charge in [-0.1, -0.05) is 25.6 Å². The summed E-state index contributed by atoms with van der Waals surface area (Å²) in [7, 11) is 0. The maximum absolute atomic E-state index is 11.1. The van der Waals surface area contributed by atoms with Crippen LogP contribution in [0.5, 0.6) is 0 Å². The Hall–Kier alpha value is -0.640. The van der Waals surface area contributed by atoms with Crippen LogP contribution >= 0.6 is 12.2 Å². The van der Waals surface area contributed by atoms with Crippen molar-refractivity contribution >= 4 is 23.1 Å². The van der Waals surface area contributed by atoms with Crippen molar-refractivity contribution in [3.63, 3.8) is 0 Å². The third-order valence-corrected chi connectivity index (χ3v) is 1.61. The molecular weight excluding hydrogens is 172 g/mol. The number of hydrogen-bond acceptors (Lipinski definition) is 2. The van der Waals surface area contributed by atoms with Crippen LogP contribution in [0.25, 0.3) is 0 Å². The van der Waals surface area contributed by atoms with E-state index >= 15 is 0 Å². The predicted molar refractivity (Wildman–Crippen MR) is 53.9 cm³/mol. The largest absolute Gasteiger partial charge is 0.393 e. The number of nitrogens with one attached hydrogen (secondary N) is 1. The smallest absolute Gasteiger partial charge is 0.227 e. The van der Waals surface area contributed by atoms with Crippen molar-refractivity contribution in [2.75, 3.05) is 0 Å². The summed E-state index contributed by atoms with van der Waals surface area (Å²) in [4.78, 5) is 11.3. The second kappa shape index (κ2) is 5.94. The summed E-state index contributed by atoms with van der Waals surface area (Å²) in [6, 6.07) is 0.219. The van der Waals surface area contributed by atoms with Crippen molar-refractivity contribution in [1.29, 1.82) is 0 Å². The molecular formula is C8H16N2OS. The van der Waals surface area contributed by atoms with Crippen molar-refractivity contribution in [1.82, 2.24) is 5.32 Å². The summed E-state index contributed by atoms with van der Waals surface area (Å²) in [6.45, 7) is 4.05. The van der Waals surface area contributed by atoms with Gasteiger partial charge in [-0.05, 0) is 13.3 Å². The molecule has 0 aromatic carbocycles. The first kappa shape index (κ1) is 11.4. The van der Waals surface area contributed by atoms with Gasteiger partial charge < -0.3 is 11.1 Å². The van der Waals surface area contributed by atoms with Crippen molar-refractivity contribution in [3.05, 3.63) is 0 Å². The lowest BCUT2D eigenvalue weighted by Gasteiger charge is -2.11. The molecule has 3 N–H and O–H groups in total. The zero-order chi connectivity index (χ0) is 9.56. The number of hydrogen-bond donors (Lipinski definition) is 2. The monoisotopic (exact) mass is 188 g/mol. The average Bonchev–Trinajstić information content (AvgIpc) is 1.84. The Morgan fingerprint density at radius 3 is 2.67 bits per heavy atom. The highest BCUT2D eigenvalue weighted by Gasteiger charge is 2.06. The van der Waals surface area contributed by atoms with Gasteiger partial charge >= 0.3 is 0 Å². The van der Waals surface area contributed by atoms with Gasteiger partial charge in [-0.3, -0.25) is 4.79 Å². The van der Waals surface area contributed by atoms with E-state index in [2.05, 4.69) is 24.5 Å². The van der Waals surface area contributed by atoms with Crippen LogP contribution in [0.4, 0.5) is 0 Å². The van der Waals surface area contributed by atoms with Crippen LogP contribution in [0.15, 0.2) is 0 Å². The van der Waals surface area contributed by atoms with E-state index in [4.69, 9.17) is 5.73 Å². The molecule has 0 aliphatic heterocycles. The van der Waals surface area contributed by atoms with Crippen molar-refractivity contribution in [3.8, 4) is 0 Å². The van der Waals surface area contributed by atoms with E-state index in [0.29, 0.717) is 0 Å². The molecule has 0 aromatic heterocycles. The number of amides is 1. The molecule has 0 radical (unpaired) electrons. The summed E-state index contributed by atoms with van der Waals surface area (Å²) in [5, 5.41) is 2.81. The van der Waals surface area contributed by atoms with Gasteiger partial charge in [-0.25, -0.2) is 0 Å². The van der Waals surface area contributed by atoms with E-state index < -0.39 is 0 Å². The fourth-order valence-electron chi connectivity index (χ4n) is 0.989. The quantitative estimate of drug-likeness (QED) is 0.632. The fraction of sp³-hybridized carbons (Fsp3) is 0.750. The minimum absolute atomic E-state index is 0.0801. The SMILES string of the molecule is CCCC(C)NC(=O)CC(N)=S. The molecule has 70 valence electrons. The molecule has 12 heavy (non-hydrogen) atoms. The van der Waals surface area contributed by atoms with Crippen molar-refractivity contribution < 1.29 is 4.79 Å². The van der Waals surface area contributed by atoms with Crippen LogP contribution in [0.1, 0.15) is 33.1 Å². The minimum Gasteiger partial charge on any atom is -0.393 e. The van der Waals surface area contributed by atoms with Crippen LogP contribution in [0.2, 0.25) is 0 Å². The van der Waals surface area contributed by atoms with Gasteiger partial charge in [-0.15, -0.1) is 0 Å². The van der Waals surface area contributed by atoms with Crippen LogP contribution in [0.3, 0.4) is 0 Å². The number of carbonyl (C=O) groups excluding carboxylic acids is 1. The summed E-state index contributed by atoms with van der Waals surface area (Å²) >= 11 is 4.61. The van der Waals surface area contributed by atoms with Crippen LogP contribution in [-0.2, 0) is 4.79 Å². The van der Waals surface area contributed by atoms with Crippen LogP contribution in [-0.4, -0.2) is 16.9 Å². The Kier molecular flexibility index (Phi) is 5.62. The summed E-state index contributed by atoms with van der Waals surface area (Å²) in [5.74, 6) is -0.0801. The predicted octanol–water partition coefficient (Wildman–Crippen LogP) is 0.967. The number of thiocarbonyl (C=S) groups is 1. The average molecular weight is 188 g/mol. The molecule has 0 aliphatic rings. The molecule has 0 aliphatic carbocycles. The van der Waals surface area contributed by atoms with E-state index in [1.54, 1.807) is 0 Å². The topological polar surface area (TPSA) is 55.1 Å². The Morgan fingerprint density at radius 1 is 1.67 bits per heavy atom. The van der Waals surface area contributed by atoms with E-state index in [0.717, 1.165) is 12.8 Å². The molecule has 1 amide bonds. The van der Waals surface area contributed by atoms with Gasteiger partial charge in [0.25, 0.3) is 0 Å². The summed E-state index contributed by atoms with van der Waals surface area (Å²) < 4.78 is 0. The Balaban J connectivity index is 3.61. The first-order valence-electron chi connectivity index (χ1n) is 4.14. The van der Waals surface area contributed by atoms with Crippen LogP contribution in [0, 0.1) is 0 Å². The molecule has 0 fully saturated rings. The van der Waals surface area contributed by atoms with E-state index in [1.807, 2.05) is 6.92 Å². The third kappa shape index (κ3) is 6.09. The first-order valence-corrected chi connectivity index (χ1v) is 4.54. The lowest BCUT2D eigenvalue weighted by molar-refractivity contribution is -0.120. The van der Waals surface area contributed by atoms with Gasteiger partial charge in [0.15, 0.2) is 0 Å². The molecule has 4 heteroatoms. The molecule has 1 atom stereocenters. The minimum atomic E-state index is -0.0801. The second-order valence-corrected chi connectivity index (χ2v) is 3.42. The van der Waals surface area contributed by atoms with Gasteiger partial charge in [0.05, 0.1) is 11.4 Å². The lowest BCUT2D eigenvalue weighted by Crippen LogP contribution is -2.34. The van der Waals surface area contributed by atoms with Gasteiger partial charge in [-0.2, -0.15) is 0 Å². The maximum atomic E-state index is 11.1. The third-order valence-electron chi connectivity index (χ3n) is 1.46. The second-order valence-electron chi connectivity index (χ2n) is 2.90. The van der Waals surface area contributed by atoms with Crippen molar-refractivity contribution in [2.24, 2.45) is 5.73 Å². The fourth-order valence-corrected chi connectivity index (χ4v) is 1.12. The lowest BCUT2D eigenvalue weighted by atomic mass is 10.2. The molecule has 0 saturated heterocycles. The zero-order valence-corrected chi connectivity index (χ0v) is 8.41. The zero-order valence-electron chi connectivity index (χ0n) is 7.59. The van der Waals surface area contributed by atoms with Crippen molar-refractivity contribution in [2.45, 2.75) is 39.2 Å². The molecule has 0 heterocycles. The van der Waals surface area contributed by atoms with Crippen LogP contribution < -0.4 is 11.1 Å². The van der Waals surface area contributed by atoms with Gasteiger partial charge in [0.2, 0.25) is 5.91 Å². The molecule has 3 nitrogen and oxygen atoms in total. The molecule has 0 aromatic rings. The first-order chi connectivity index (χ1) is 5.56. The van der Waals surface area contributed by atoms with E-state index in [-0.39, 0.29) is 23.4 Å². The van der Waals surface area contributed by atoms with Gasteiger partial charge in [0, 0.05) is 6.04 Å². The Morgan fingerprint density at radius 2 is 2.25 bits per heavy atom. The van der Waals surface area contributed by atoms with Gasteiger partial charge in [0.1, 0.15) is 0 Å². The number of rotatable bonds is 5. The Labute approximate surface area is 78.7 Å². The highest BCUT2D eigenvalue weighted by molar-refractivity contribution is 7.80. The molecule has 0 saturated carbocycles. The summed E-state index contributed by atoms with van der Waals surface area (Å²) in [5.41, 5.74) is 5.21. The summed E-state index contributed by atoms with van der Waals surface area (Å²) in [6.07, 6.45) is 2.21. The normalized spacial score (nSPS) is 12.2. The standard InChI is InChI=1S/C8H16N2OS/c1-3-4-6(2)10-8(11)5-7(9)12/h6H,3-5H2,1-2H3,(H2,9,12)(H,10,11). The molecule has 1 unspecified atom stereocenters. The molecule has 0 rings (SSSR count). The Bertz CT molecular complexity index is 170. The molecule has 0 spiro atoms. The maximum Gasteiger partial charge on any atom is 0.227 e. The van der Waals surface area contributed by atoms with E-state index in [9.17, 15) is 4.79 Å². The van der Waals surface area contributed by atoms with E-state index in [1.165, 1.54) is 0 Å². The molecule has 0 bridgehead atoms.